The van der Waals surface area contributed by atoms with Crippen molar-refractivity contribution in [1.29, 1.82) is 0 Å². The van der Waals surface area contributed by atoms with Gasteiger partial charge in [0.05, 0.1) is 10.8 Å². The van der Waals surface area contributed by atoms with Crippen molar-refractivity contribution in [2.24, 2.45) is 5.92 Å². The molecule has 0 bridgehead atoms. The van der Waals surface area contributed by atoms with E-state index in [2.05, 4.69) is 10.2 Å². The minimum absolute atomic E-state index is 0.0913. The quantitative estimate of drug-likeness (QED) is 0.790. The van der Waals surface area contributed by atoms with Crippen molar-refractivity contribution in [3.63, 3.8) is 0 Å². The Morgan fingerprint density at radius 1 is 1.38 bits per heavy atom. The Balaban J connectivity index is 2.17. The second-order valence-electron chi connectivity index (χ2n) is 4.61. The van der Waals surface area contributed by atoms with Crippen LogP contribution in [0.25, 0.3) is 0 Å². The molecule has 0 amide bonds. The van der Waals surface area contributed by atoms with Crippen molar-refractivity contribution in [2.75, 3.05) is 6.26 Å². The van der Waals surface area contributed by atoms with Crippen LogP contribution in [0.5, 0.6) is 0 Å². The molecule has 1 aromatic heterocycles. The van der Waals surface area contributed by atoms with Crippen molar-refractivity contribution in [3.8, 4) is 0 Å². The number of rotatable bonds is 5. The van der Waals surface area contributed by atoms with Crippen molar-refractivity contribution in [2.45, 2.75) is 18.6 Å². The number of hydrogen-bond acceptors (Lipinski definition) is 4. The van der Waals surface area contributed by atoms with E-state index in [1.54, 1.807) is 6.92 Å². The fraction of sp³-hybridized carbons (Fsp3) is 0.308. The van der Waals surface area contributed by atoms with Crippen molar-refractivity contribution in [3.05, 3.63) is 41.7 Å². The molecule has 0 aliphatic rings. The van der Waals surface area contributed by atoms with Gasteiger partial charge in [-0.05, 0) is 18.2 Å². The fourth-order valence-electron chi connectivity index (χ4n) is 1.90. The lowest BCUT2D eigenvalue weighted by atomic mass is 9.99. The summed E-state index contributed by atoms with van der Waals surface area (Å²) in [4.78, 5) is 12.2. The van der Waals surface area contributed by atoms with Gasteiger partial charge in [0.1, 0.15) is 6.33 Å². The van der Waals surface area contributed by atoms with Gasteiger partial charge < -0.3 is 4.57 Å². The van der Waals surface area contributed by atoms with Gasteiger partial charge in [-0.3, -0.25) is 9.00 Å². The highest BCUT2D eigenvalue weighted by molar-refractivity contribution is 7.84. The molecule has 2 atom stereocenters. The standard InChI is InChI=1S/C13H13F2N3O2S/c1-8(6-18-7-16-17-13(18)21(2)20)12(19)9-3-4-10(14)11(15)5-9/h3-5,7-8H,6H2,1-2H3/t8-,21+/m0/s1. The summed E-state index contributed by atoms with van der Waals surface area (Å²) in [5.41, 5.74) is 0.0913. The first kappa shape index (κ1) is 15.4. The van der Waals surface area contributed by atoms with E-state index in [-0.39, 0.29) is 23.0 Å². The van der Waals surface area contributed by atoms with E-state index in [1.165, 1.54) is 23.2 Å². The minimum Gasteiger partial charge on any atom is -0.306 e. The largest absolute Gasteiger partial charge is 0.306 e. The molecule has 0 N–H and O–H groups in total. The number of hydrogen-bond donors (Lipinski definition) is 0. The molecule has 8 heteroatoms. The highest BCUT2D eigenvalue weighted by atomic mass is 32.2. The highest BCUT2D eigenvalue weighted by Gasteiger charge is 2.19. The van der Waals surface area contributed by atoms with E-state index < -0.39 is 28.4 Å². The van der Waals surface area contributed by atoms with Gasteiger partial charge in [0, 0.05) is 24.3 Å². The molecule has 0 fully saturated rings. The Bertz CT molecular complexity index is 702. The summed E-state index contributed by atoms with van der Waals surface area (Å²) in [6, 6.07) is 3.03. The molecule has 1 heterocycles. The van der Waals surface area contributed by atoms with Crippen LogP contribution in [0, 0.1) is 17.6 Å². The second kappa shape index (κ2) is 6.21. The number of carbonyl (C=O) groups excluding carboxylic acids is 1. The van der Waals surface area contributed by atoms with Crippen LogP contribution in [0.1, 0.15) is 17.3 Å². The maximum absolute atomic E-state index is 13.2. The second-order valence-corrected chi connectivity index (χ2v) is 5.89. The summed E-state index contributed by atoms with van der Waals surface area (Å²) in [5.74, 6) is -2.92. The van der Waals surface area contributed by atoms with Crippen molar-refractivity contribution in [1.82, 2.24) is 14.8 Å². The lowest BCUT2D eigenvalue weighted by molar-refractivity contribution is 0.0916. The average molecular weight is 313 g/mol. The van der Waals surface area contributed by atoms with Gasteiger partial charge in [-0.25, -0.2) is 8.78 Å². The average Bonchev–Trinajstić information content (AvgIpc) is 2.89. The summed E-state index contributed by atoms with van der Waals surface area (Å²) >= 11 is 0. The molecule has 0 saturated heterocycles. The molecular formula is C13H13F2N3O2S. The maximum Gasteiger partial charge on any atom is 0.221 e. The zero-order valence-electron chi connectivity index (χ0n) is 11.4. The molecule has 0 aliphatic carbocycles. The number of nitrogens with zero attached hydrogens (tertiary/aromatic N) is 3. The van der Waals surface area contributed by atoms with Gasteiger partial charge in [-0.1, -0.05) is 6.92 Å². The molecule has 0 radical (unpaired) electrons. The summed E-state index contributed by atoms with van der Waals surface area (Å²) in [6.45, 7) is 1.85. The van der Waals surface area contributed by atoms with Crippen LogP contribution < -0.4 is 0 Å². The number of ketones is 1. The summed E-state index contributed by atoms with van der Waals surface area (Å²) in [6.07, 6.45) is 2.84. The van der Waals surface area contributed by atoms with Crippen LogP contribution in [0.15, 0.2) is 29.7 Å². The number of carbonyl (C=O) groups is 1. The molecule has 2 rings (SSSR count). The zero-order chi connectivity index (χ0) is 15.6. The van der Waals surface area contributed by atoms with E-state index in [9.17, 15) is 17.8 Å². The van der Waals surface area contributed by atoms with Crippen LogP contribution in [-0.4, -0.2) is 31.0 Å². The van der Waals surface area contributed by atoms with E-state index in [4.69, 9.17) is 0 Å². The number of halogens is 2. The Hall–Kier alpha value is -1.96. The monoisotopic (exact) mass is 313 g/mol. The lowest BCUT2D eigenvalue weighted by Crippen LogP contribution is -2.19. The van der Waals surface area contributed by atoms with E-state index >= 15 is 0 Å². The van der Waals surface area contributed by atoms with Gasteiger partial charge in [0.15, 0.2) is 17.4 Å². The molecule has 0 unspecified atom stereocenters. The summed E-state index contributed by atoms with van der Waals surface area (Å²) in [5, 5.41) is 7.64. The predicted molar refractivity (Wildman–Crippen MR) is 72.2 cm³/mol. The fourth-order valence-corrected chi connectivity index (χ4v) is 2.52. The summed E-state index contributed by atoms with van der Waals surface area (Å²) in [7, 11) is -1.32. The third kappa shape index (κ3) is 3.38. The first-order chi connectivity index (χ1) is 9.90. The molecule has 0 spiro atoms. The smallest absolute Gasteiger partial charge is 0.221 e. The van der Waals surface area contributed by atoms with Gasteiger partial charge >= 0.3 is 0 Å². The predicted octanol–water partition coefficient (Wildman–Crippen LogP) is 1.81. The Labute approximate surface area is 122 Å². The van der Waals surface area contributed by atoms with E-state index in [0.29, 0.717) is 0 Å². The molecular weight excluding hydrogens is 300 g/mol. The van der Waals surface area contributed by atoms with E-state index in [1.807, 2.05) is 0 Å². The van der Waals surface area contributed by atoms with E-state index in [0.717, 1.165) is 12.1 Å². The molecule has 1 aromatic carbocycles. The van der Waals surface area contributed by atoms with Crippen LogP contribution in [0.4, 0.5) is 8.78 Å². The van der Waals surface area contributed by atoms with Crippen molar-refractivity contribution >= 4 is 16.6 Å². The lowest BCUT2D eigenvalue weighted by Gasteiger charge is -2.12. The molecule has 5 nitrogen and oxygen atoms in total. The Morgan fingerprint density at radius 3 is 2.71 bits per heavy atom. The number of aromatic nitrogens is 3. The molecule has 2 aromatic rings. The normalized spacial score (nSPS) is 13.9. The first-order valence-electron chi connectivity index (χ1n) is 6.10. The van der Waals surface area contributed by atoms with Gasteiger partial charge in [-0.2, -0.15) is 0 Å². The van der Waals surface area contributed by atoms with Crippen LogP contribution >= 0.6 is 0 Å². The topological polar surface area (TPSA) is 64.8 Å². The van der Waals surface area contributed by atoms with Gasteiger partial charge in [0.2, 0.25) is 5.16 Å². The van der Waals surface area contributed by atoms with Crippen molar-refractivity contribution < 1.29 is 17.8 Å². The molecule has 112 valence electrons. The third-order valence-electron chi connectivity index (χ3n) is 2.96. The molecule has 0 saturated carbocycles. The number of Topliss-reactive ketones (excluding diaryl/α,β-unsaturated/α-hetero) is 1. The molecule has 0 aliphatic heterocycles. The minimum atomic E-state index is -1.32. The zero-order valence-corrected chi connectivity index (χ0v) is 12.2. The Kier molecular flexibility index (Phi) is 4.56. The number of benzene rings is 1. The van der Waals surface area contributed by atoms with Crippen LogP contribution in [0.2, 0.25) is 0 Å². The molecule has 21 heavy (non-hydrogen) atoms. The van der Waals surface area contributed by atoms with Crippen LogP contribution in [0.3, 0.4) is 0 Å². The maximum atomic E-state index is 13.2. The first-order valence-corrected chi connectivity index (χ1v) is 7.66. The summed E-state index contributed by atoms with van der Waals surface area (Å²) < 4.78 is 39.0. The SMILES string of the molecule is C[C@@H](Cn1cnnc1[S@@](C)=O)C(=O)c1ccc(F)c(F)c1. The third-order valence-corrected chi connectivity index (χ3v) is 3.79. The Morgan fingerprint density at radius 2 is 2.10 bits per heavy atom. The highest BCUT2D eigenvalue weighted by Crippen LogP contribution is 2.15. The van der Waals surface area contributed by atoms with Gasteiger partial charge in [0.25, 0.3) is 0 Å². The van der Waals surface area contributed by atoms with Gasteiger partial charge in [-0.15, -0.1) is 10.2 Å². The van der Waals surface area contributed by atoms with Crippen LogP contribution in [-0.2, 0) is 17.3 Å².